The molecule has 1 aliphatic heterocycles. The van der Waals surface area contributed by atoms with Crippen molar-refractivity contribution in [1.29, 1.82) is 0 Å². The van der Waals surface area contributed by atoms with Crippen molar-refractivity contribution in [3.05, 3.63) is 17.8 Å². The predicted molar refractivity (Wildman–Crippen MR) is 80.5 cm³/mol. The molecule has 0 atom stereocenters. The van der Waals surface area contributed by atoms with E-state index in [2.05, 4.69) is 25.5 Å². The summed E-state index contributed by atoms with van der Waals surface area (Å²) in [5.41, 5.74) is 1.80. The number of aryl methyl sites for hydroxylation is 1. The number of carbonyl (C=O) groups is 1. The van der Waals surface area contributed by atoms with Crippen LogP contribution in [0.3, 0.4) is 0 Å². The van der Waals surface area contributed by atoms with Crippen LogP contribution in [0.5, 0.6) is 0 Å². The monoisotopic (exact) mass is 304 g/mol. The Morgan fingerprint density at radius 1 is 1.41 bits per heavy atom. The summed E-state index contributed by atoms with van der Waals surface area (Å²) in [6.45, 7) is 4.97. The minimum atomic E-state index is -0.133. The largest absolute Gasteiger partial charge is 0.380 e. The fourth-order valence-corrected chi connectivity index (χ4v) is 2.50. The predicted octanol–water partition coefficient (Wildman–Crippen LogP) is -0.185. The van der Waals surface area contributed by atoms with Crippen LogP contribution in [0, 0.1) is 0 Å². The van der Waals surface area contributed by atoms with Gasteiger partial charge in [-0.2, -0.15) is 0 Å². The van der Waals surface area contributed by atoms with Crippen LogP contribution in [0.1, 0.15) is 16.8 Å². The number of ether oxygens (including phenoxy) is 1. The first kappa shape index (κ1) is 14.9. The van der Waals surface area contributed by atoms with Crippen molar-refractivity contribution in [3.8, 4) is 0 Å². The first-order valence-corrected chi connectivity index (χ1v) is 7.48. The van der Waals surface area contributed by atoms with E-state index in [0.717, 1.165) is 39.3 Å². The zero-order chi connectivity index (χ0) is 15.4. The molecule has 0 spiro atoms. The Balaban J connectivity index is 1.54. The second-order valence-electron chi connectivity index (χ2n) is 5.34. The van der Waals surface area contributed by atoms with Gasteiger partial charge in [-0.25, -0.2) is 9.67 Å². The first-order chi connectivity index (χ1) is 10.7. The quantitative estimate of drug-likeness (QED) is 0.843. The third-order valence-corrected chi connectivity index (χ3v) is 3.73. The summed E-state index contributed by atoms with van der Waals surface area (Å²) in [5.74, 6) is -0.133. The van der Waals surface area contributed by atoms with Gasteiger partial charge >= 0.3 is 0 Å². The molecule has 8 nitrogen and oxygen atoms in total. The average Bonchev–Trinajstić information content (AvgIpc) is 2.74. The van der Waals surface area contributed by atoms with Gasteiger partial charge in [0.05, 0.1) is 12.2 Å². The topological polar surface area (TPSA) is 85.2 Å². The molecule has 8 heteroatoms. The van der Waals surface area contributed by atoms with Crippen molar-refractivity contribution in [3.63, 3.8) is 0 Å². The Morgan fingerprint density at radius 2 is 2.32 bits per heavy atom. The Hall–Kier alpha value is -2.06. The summed E-state index contributed by atoms with van der Waals surface area (Å²) in [6.07, 6.45) is 2.60. The number of rotatable bonds is 4. The SMILES string of the molecule is Cn1nnc2cc(C(=O)NCCN3CCCOCC3)cnc21. The van der Waals surface area contributed by atoms with Gasteiger partial charge in [0, 0.05) is 46.0 Å². The highest BCUT2D eigenvalue weighted by molar-refractivity contribution is 5.96. The highest BCUT2D eigenvalue weighted by Crippen LogP contribution is 2.09. The number of hydrogen-bond donors (Lipinski definition) is 1. The maximum absolute atomic E-state index is 12.2. The van der Waals surface area contributed by atoms with Crippen molar-refractivity contribution in [2.24, 2.45) is 7.05 Å². The standard InChI is InChI=1S/C14H20N6O2/c1-19-13-12(17-18-19)9-11(10-16-13)14(21)15-3-5-20-4-2-7-22-8-6-20/h9-10H,2-8H2,1H3,(H,15,21). The van der Waals surface area contributed by atoms with E-state index in [0.29, 0.717) is 23.3 Å². The lowest BCUT2D eigenvalue weighted by atomic mass is 10.2. The normalized spacial score (nSPS) is 16.6. The van der Waals surface area contributed by atoms with E-state index in [4.69, 9.17) is 4.74 Å². The fourth-order valence-electron chi connectivity index (χ4n) is 2.50. The lowest BCUT2D eigenvalue weighted by molar-refractivity contribution is 0.0947. The lowest BCUT2D eigenvalue weighted by Crippen LogP contribution is -2.36. The van der Waals surface area contributed by atoms with Crippen LogP contribution in [0.4, 0.5) is 0 Å². The average molecular weight is 304 g/mol. The number of aromatic nitrogens is 4. The Morgan fingerprint density at radius 3 is 3.23 bits per heavy atom. The molecule has 1 aliphatic rings. The molecule has 0 radical (unpaired) electrons. The molecule has 0 bridgehead atoms. The second-order valence-corrected chi connectivity index (χ2v) is 5.34. The number of carbonyl (C=O) groups excluding carboxylic acids is 1. The van der Waals surface area contributed by atoms with Crippen LogP contribution < -0.4 is 5.32 Å². The smallest absolute Gasteiger partial charge is 0.252 e. The Labute approximate surface area is 128 Å². The zero-order valence-electron chi connectivity index (χ0n) is 12.7. The van der Waals surface area contributed by atoms with Crippen molar-refractivity contribution < 1.29 is 9.53 Å². The van der Waals surface area contributed by atoms with Gasteiger partial charge < -0.3 is 10.1 Å². The molecule has 0 saturated carbocycles. The van der Waals surface area contributed by atoms with Crippen LogP contribution in [-0.4, -0.2) is 70.2 Å². The van der Waals surface area contributed by atoms with E-state index in [1.807, 2.05) is 0 Å². The molecule has 0 unspecified atom stereocenters. The van der Waals surface area contributed by atoms with Gasteiger partial charge in [-0.1, -0.05) is 5.21 Å². The fraction of sp³-hybridized carbons (Fsp3) is 0.571. The van der Waals surface area contributed by atoms with Crippen molar-refractivity contribution in [2.45, 2.75) is 6.42 Å². The molecule has 22 heavy (non-hydrogen) atoms. The molecule has 1 saturated heterocycles. The van der Waals surface area contributed by atoms with Crippen LogP contribution in [0.2, 0.25) is 0 Å². The molecule has 3 heterocycles. The molecule has 1 amide bonds. The molecular formula is C14H20N6O2. The number of nitrogens with one attached hydrogen (secondary N) is 1. The number of fused-ring (bicyclic) bond motifs is 1. The van der Waals surface area contributed by atoms with Gasteiger partial charge in [-0.05, 0) is 12.5 Å². The molecule has 1 fully saturated rings. The number of amides is 1. The van der Waals surface area contributed by atoms with Gasteiger partial charge in [0.1, 0.15) is 5.52 Å². The summed E-state index contributed by atoms with van der Waals surface area (Å²) in [7, 11) is 1.77. The van der Waals surface area contributed by atoms with E-state index < -0.39 is 0 Å². The van der Waals surface area contributed by atoms with E-state index in [9.17, 15) is 4.79 Å². The Bertz CT molecular complexity index is 648. The molecule has 0 aromatic carbocycles. The molecule has 1 N–H and O–H groups in total. The van der Waals surface area contributed by atoms with Gasteiger partial charge in [0.25, 0.3) is 5.91 Å². The van der Waals surface area contributed by atoms with E-state index >= 15 is 0 Å². The van der Waals surface area contributed by atoms with Gasteiger partial charge in [0.2, 0.25) is 0 Å². The second kappa shape index (κ2) is 6.80. The number of nitrogens with zero attached hydrogens (tertiary/aromatic N) is 5. The minimum Gasteiger partial charge on any atom is -0.380 e. The van der Waals surface area contributed by atoms with Gasteiger partial charge in [-0.15, -0.1) is 5.10 Å². The lowest BCUT2D eigenvalue weighted by Gasteiger charge is -2.18. The summed E-state index contributed by atoms with van der Waals surface area (Å²) in [4.78, 5) is 18.7. The number of pyridine rings is 1. The molecule has 118 valence electrons. The van der Waals surface area contributed by atoms with E-state index in [1.165, 1.54) is 0 Å². The maximum atomic E-state index is 12.2. The molecule has 3 rings (SSSR count). The molecule has 2 aromatic rings. The third-order valence-electron chi connectivity index (χ3n) is 3.73. The highest BCUT2D eigenvalue weighted by Gasteiger charge is 2.12. The maximum Gasteiger partial charge on any atom is 0.252 e. The van der Waals surface area contributed by atoms with Crippen LogP contribution in [0.25, 0.3) is 11.2 Å². The first-order valence-electron chi connectivity index (χ1n) is 7.48. The molecule has 0 aliphatic carbocycles. The summed E-state index contributed by atoms with van der Waals surface area (Å²) < 4.78 is 6.99. The molecular weight excluding hydrogens is 284 g/mol. The van der Waals surface area contributed by atoms with Crippen molar-refractivity contribution in [1.82, 2.24) is 30.2 Å². The minimum absolute atomic E-state index is 0.133. The highest BCUT2D eigenvalue weighted by atomic mass is 16.5. The molecule has 2 aromatic heterocycles. The van der Waals surface area contributed by atoms with Gasteiger partial charge in [0.15, 0.2) is 5.65 Å². The zero-order valence-corrected chi connectivity index (χ0v) is 12.7. The number of hydrogen-bond acceptors (Lipinski definition) is 6. The van der Waals surface area contributed by atoms with Crippen LogP contribution >= 0.6 is 0 Å². The summed E-state index contributed by atoms with van der Waals surface area (Å²) >= 11 is 0. The third kappa shape index (κ3) is 3.40. The van der Waals surface area contributed by atoms with Crippen molar-refractivity contribution >= 4 is 17.1 Å². The van der Waals surface area contributed by atoms with E-state index in [1.54, 1.807) is 24.0 Å². The van der Waals surface area contributed by atoms with Gasteiger partial charge in [-0.3, -0.25) is 9.69 Å². The van der Waals surface area contributed by atoms with E-state index in [-0.39, 0.29) is 5.91 Å². The van der Waals surface area contributed by atoms with Crippen LogP contribution in [-0.2, 0) is 11.8 Å². The van der Waals surface area contributed by atoms with Crippen LogP contribution in [0.15, 0.2) is 12.3 Å². The summed E-state index contributed by atoms with van der Waals surface area (Å²) in [6, 6.07) is 1.71. The van der Waals surface area contributed by atoms with Crippen molar-refractivity contribution in [2.75, 3.05) is 39.4 Å². The Kier molecular flexibility index (Phi) is 4.59. The summed E-state index contributed by atoms with van der Waals surface area (Å²) in [5, 5.41) is 10.8.